The molecule has 0 aromatic heterocycles. The van der Waals surface area contributed by atoms with Crippen LogP contribution in [-0.2, 0) is 11.4 Å². The molecule has 2 nitrogen and oxygen atoms in total. The molecule has 0 fully saturated rings. The lowest BCUT2D eigenvalue weighted by molar-refractivity contribution is 0.131. The van der Waals surface area contributed by atoms with Crippen LogP contribution in [0.3, 0.4) is 0 Å². The third-order valence-electron chi connectivity index (χ3n) is 1.41. The smallest absolute Gasteiger partial charge is 0.142 e. The van der Waals surface area contributed by atoms with Gasteiger partial charge in [0.1, 0.15) is 18.6 Å². The molecule has 0 aliphatic heterocycles. The molecule has 0 saturated carbocycles. The Balaban J connectivity index is 2.41. The van der Waals surface area contributed by atoms with Crippen molar-refractivity contribution in [1.82, 2.24) is 0 Å². The van der Waals surface area contributed by atoms with Crippen molar-refractivity contribution in [3.05, 3.63) is 35.6 Å². The highest BCUT2D eigenvalue weighted by atomic mass is 19.1. The summed E-state index contributed by atoms with van der Waals surface area (Å²) in [6, 6.07) is 6.23. The van der Waals surface area contributed by atoms with Gasteiger partial charge in [-0.1, -0.05) is 24.2 Å². The van der Waals surface area contributed by atoms with Crippen molar-refractivity contribution in [3.8, 4) is 0 Å². The Morgan fingerprint density at radius 1 is 1.54 bits per heavy atom. The van der Waals surface area contributed by atoms with Crippen molar-refractivity contribution < 1.29 is 9.23 Å². The first-order valence-electron chi connectivity index (χ1n) is 4.12. The molecule has 0 atom stereocenters. The molecule has 0 amide bonds. The van der Waals surface area contributed by atoms with Gasteiger partial charge < -0.3 is 4.84 Å². The minimum Gasteiger partial charge on any atom is -0.391 e. The van der Waals surface area contributed by atoms with Crippen LogP contribution in [0.25, 0.3) is 0 Å². The fourth-order valence-corrected chi connectivity index (χ4v) is 0.844. The number of hydrogen-bond acceptors (Lipinski definition) is 2. The van der Waals surface area contributed by atoms with Gasteiger partial charge in [0.25, 0.3) is 0 Å². The molecule has 1 rings (SSSR count). The van der Waals surface area contributed by atoms with E-state index in [0.29, 0.717) is 6.42 Å². The van der Waals surface area contributed by atoms with Crippen LogP contribution < -0.4 is 0 Å². The molecular formula is C10H11FNO. The van der Waals surface area contributed by atoms with Gasteiger partial charge in [0.2, 0.25) is 0 Å². The van der Waals surface area contributed by atoms with Crippen LogP contribution >= 0.6 is 0 Å². The van der Waals surface area contributed by atoms with Gasteiger partial charge in [-0.25, -0.2) is 4.39 Å². The summed E-state index contributed by atoms with van der Waals surface area (Å²) in [5, 5.41) is 3.54. The van der Waals surface area contributed by atoms with Crippen molar-refractivity contribution in [2.75, 3.05) is 0 Å². The molecule has 13 heavy (non-hydrogen) atoms. The van der Waals surface area contributed by atoms with Crippen molar-refractivity contribution >= 4 is 6.21 Å². The number of rotatable bonds is 4. The van der Waals surface area contributed by atoms with E-state index >= 15 is 0 Å². The second-order valence-corrected chi connectivity index (χ2v) is 2.51. The molecule has 0 aliphatic rings. The van der Waals surface area contributed by atoms with Gasteiger partial charge >= 0.3 is 0 Å². The highest BCUT2D eigenvalue weighted by Crippen LogP contribution is 2.04. The Kier molecular flexibility index (Phi) is 3.96. The summed E-state index contributed by atoms with van der Waals surface area (Å²) < 4.78 is 12.6. The number of benzene rings is 1. The zero-order valence-corrected chi connectivity index (χ0v) is 7.46. The molecule has 3 heteroatoms. The predicted molar refractivity (Wildman–Crippen MR) is 48.9 cm³/mol. The second-order valence-electron chi connectivity index (χ2n) is 2.51. The number of halogens is 1. The second kappa shape index (κ2) is 5.30. The maximum atomic E-state index is 12.6. The van der Waals surface area contributed by atoms with E-state index < -0.39 is 0 Å². The fraction of sp³-hybridized carbons (Fsp3) is 0.300. The molecular weight excluding hydrogens is 169 g/mol. The van der Waals surface area contributed by atoms with Crippen LogP contribution in [0.5, 0.6) is 0 Å². The fourth-order valence-electron chi connectivity index (χ4n) is 0.844. The molecule has 0 unspecified atom stereocenters. The zero-order chi connectivity index (χ0) is 9.52. The third kappa shape index (κ3) is 3.69. The van der Waals surface area contributed by atoms with E-state index in [2.05, 4.69) is 11.4 Å². The Labute approximate surface area is 77.0 Å². The molecule has 0 bridgehead atoms. The maximum Gasteiger partial charge on any atom is 0.142 e. The Bertz CT molecular complexity index is 286. The average molecular weight is 180 g/mol. The van der Waals surface area contributed by atoms with Gasteiger partial charge in [-0.2, -0.15) is 0 Å². The minimum absolute atomic E-state index is 0.260. The Morgan fingerprint density at radius 2 is 2.38 bits per heavy atom. The average Bonchev–Trinajstić information content (AvgIpc) is 2.13. The first-order valence-corrected chi connectivity index (χ1v) is 4.12. The van der Waals surface area contributed by atoms with Crippen LogP contribution in [-0.4, -0.2) is 6.21 Å². The molecule has 1 aromatic rings. The van der Waals surface area contributed by atoms with Crippen molar-refractivity contribution in [1.29, 1.82) is 0 Å². The topological polar surface area (TPSA) is 21.6 Å². The van der Waals surface area contributed by atoms with Crippen LogP contribution in [0, 0.1) is 5.82 Å². The Morgan fingerprint density at radius 3 is 3.08 bits per heavy atom. The van der Waals surface area contributed by atoms with E-state index in [-0.39, 0.29) is 12.4 Å². The lowest BCUT2D eigenvalue weighted by Gasteiger charge is -1.98. The normalized spacial score (nSPS) is 10.6. The van der Waals surface area contributed by atoms with Crippen LogP contribution in [0.4, 0.5) is 4.39 Å². The first kappa shape index (κ1) is 9.71. The number of nitrogens with zero attached hydrogens (tertiary/aromatic N) is 1. The standard InChI is InChI=1S/C10H11FNO/c1-2-6-12-13-8-9-4-3-5-10(11)7-9/h3-5,7H,2,8H2,1H3. The summed E-state index contributed by atoms with van der Waals surface area (Å²) >= 11 is 0. The summed E-state index contributed by atoms with van der Waals surface area (Å²) in [5.41, 5.74) is 0.765. The van der Waals surface area contributed by atoms with E-state index in [1.165, 1.54) is 12.1 Å². The lowest BCUT2D eigenvalue weighted by Crippen LogP contribution is -1.87. The van der Waals surface area contributed by atoms with Crippen molar-refractivity contribution in [2.45, 2.75) is 20.0 Å². The van der Waals surface area contributed by atoms with Crippen molar-refractivity contribution in [3.63, 3.8) is 0 Å². The third-order valence-corrected chi connectivity index (χ3v) is 1.41. The van der Waals surface area contributed by atoms with Gasteiger partial charge in [0.05, 0.1) is 0 Å². The van der Waals surface area contributed by atoms with E-state index in [1.807, 2.05) is 6.92 Å². The van der Waals surface area contributed by atoms with E-state index in [1.54, 1.807) is 12.1 Å². The zero-order valence-electron chi connectivity index (χ0n) is 7.46. The monoisotopic (exact) mass is 180 g/mol. The van der Waals surface area contributed by atoms with E-state index in [9.17, 15) is 4.39 Å². The predicted octanol–water partition coefficient (Wildman–Crippen LogP) is 2.62. The molecule has 0 aliphatic carbocycles. The molecule has 0 spiro atoms. The Hall–Kier alpha value is -1.38. The largest absolute Gasteiger partial charge is 0.391 e. The molecule has 0 saturated heterocycles. The maximum absolute atomic E-state index is 12.6. The van der Waals surface area contributed by atoms with Gasteiger partial charge in [-0.15, -0.1) is 0 Å². The highest BCUT2D eigenvalue weighted by Gasteiger charge is 1.93. The van der Waals surface area contributed by atoms with E-state index in [0.717, 1.165) is 5.56 Å². The number of hydrogen-bond donors (Lipinski definition) is 0. The summed E-state index contributed by atoms with van der Waals surface area (Å²) in [4.78, 5) is 4.86. The SMILES string of the molecule is CC/[C]=N\OCc1cccc(F)c1. The van der Waals surface area contributed by atoms with Crippen LogP contribution in [0.2, 0.25) is 0 Å². The lowest BCUT2D eigenvalue weighted by atomic mass is 10.2. The van der Waals surface area contributed by atoms with Gasteiger partial charge in [0, 0.05) is 0 Å². The quantitative estimate of drug-likeness (QED) is 0.515. The highest BCUT2D eigenvalue weighted by molar-refractivity contribution is 5.55. The first-order chi connectivity index (χ1) is 6.33. The summed E-state index contributed by atoms with van der Waals surface area (Å²) in [5.74, 6) is -0.260. The molecule has 69 valence electrons. The molecule has 1 radical (unpaired) electrons. The molecule has 1 aromatic carbocycles. The van der Waals surface area contributed by atoms with Gasteiger partial charge in [0.15, 0.2) is 0 Å². The summed E-state index contributed by atoms with van der Waals surface area (Å²) in [6.07, 6.45) is 3.35. The van der Waals surface area contributed by atoms with Crippen LogP contribution in [0.15, 0.2) is 29.4 Å². The van der Waals surface area contributed by atoms with Gasteiger partial charge in [-0.05, 0) is 24.1 Å². The molecule has 0 heterocycles. The van der Waals surface area contributed by atoms with Crippen molar-refractivity contribution in [2.24, 2.45) is 5.16 Å². The minimum atomic E-state index is -0.260. The summed E-state index contributed by atoms with van der Waals surface area (Å²) in [6.45, 7) is 2.19. The summed E-state index contributed by atoms with van der Waals surface area (Å²) in [7, 11) is 0. The van der Waals surface area contributed by atoms with E-state index in [4.69, 9.17) is 4.84 Å². The van der Waals surface area contributed by atoms with Crippen LogP contribution in [0.1, 0.15) is 18.9 Å². The van der Waals surface area contributed by atoms with Gasteiger partial charge in [-0.3, -0.25) is 0 Å². The molecule has 0 N–H and O–H groups in total.